The molecule has 0 bridgehead atoms. The van der Waals surface area contributed by atoms with Crippen LogP contribution in [0, 0.1) is 5.82 Å². The molecular weight excluding hydrogens is 321 g/mol. The van der Waals surface area contributed by atoms with Crippen molar-refractivity contribution in [1.82, 2.24) is 13.5 Å². The van der Waals surface area contributed by atoms with E-state index in [2.05, 4.69) is 4.90 Å². The van der Waals surface area contributed by atoms with Crippen molar-refractivity contribution in [3.05, 3.63) is 35.6 Å². The predicted octanol–water partition coefficient (Wildman–Crippen LogP) is 0.766. The molecule has 1 heterocycles. The molecule has 8 heteroatoms. The molecule has 1 saturated heterocycles. The number of rotatable bonds is 7. The number of halogens is 1. The molecule has 1 aromatic rings. The smallest absolute Gasteiger partial charge is 0.281 e. The molecule has 23 heavy (non-hydrogen) atoms. The van der Waals surface area contributed by atoms with Gasteiger partial charge in [-0.1, -0.05) is 12.1 Å². The summed E-state index contributed by atoms with van der Waals surface area (Å²) in [5.41, 5.74) is 0.636. The maximum atomic E-state index is 13.3. The lowest BCUT2D eigenvalue weighted by atomic mass is 10.2. The van der Waals surface area contributed by atoms with Crippen LogP contribution in [0.2, 0.25) is 0 Å². The Morgan fingerprint density at radius 3 is 2.57 bits per heavy atom. The lowest BCUT2D eigenvalue weighted by Crippen LogP contribution is -2.45. The molecule has 1 fully saturated rings. The van der Waals surface area contributed by atoms with Gasteiger partial charge in [0.25, 0.3) is 10.2 Å². The quantitative estimate of drug-likeness (QED) is 0.732. The monoisotopic (exact) mass is 345 g/mol. The third-order valence-electron chi connectivity index (χ3n) is 3.81. The maximum absolute atomic E-state index is 13.3. The Balaban J connectivity index is 2.08. The Kier molecular flexibility index (Phi) is 6.49. The summed E-state index contributed by atoms with van der Waals surface area (Å²) in [6.07, 6.45) is 0. The van der Waals surface area contributed by atoms with Crippen LogP contribution in [0.4, 0.5) is 4.39 Å². The van der Waals surface area contributed by atoms with Crippen molar-refractivity contribution >= 4 is 10.2 Å². The summed E-state index contributed by atoms with van der Waals surface area (Å²) in [5, 5.41) is 0. The standard InChI is InChI=1S/C15H24FN3O3S/c1-17(2)23(20,21)19(7-6-18-8-10-22-11-9-18)13-14-4-3-5-15(16)12-14/h3-5,12H,6-11,13H2,1-2H3. The third kappa shape index (κ3) is 5.22. The van der Waals surface area contributed by atoms with E-state index in [4.69, 9.17) is 4.74 Å². The first-order chi connectivity index (χ1) is 10.9. The average Bonchev–Trinajstić information content (AvgIpc) is 2.52. The van der Waals surface area contributed by atoms with E-state index in [1.807, 2.05) is 0 Å². The summed E-state index contributed by atoms with van der Waals surface area (Å²) in [4.78, 5) is 2.17. The summed E-state index contributed by atoms with van der Waals surface area (Å²) in [5.74, 6) is -0.363. The van der Waals surface area contributed by atoms with Gasteiger partial charge in [0.05, 0.1) is 13.2 Å². The minimum absolute atomic E-state index is 0.155. The minimum atomic E-state index is -3.56. The van der Waals surface area contributed by atoms with E-state index in [0.29, 0.717) is 31.9 Å². The van der Waals surface area contributed by atoms with Crippen molar-refractivity contribution in [2.75, 3.05) is 53.5 Å². The molecule has 0 spiro atoms. The van der Waals surface area contributed by atoms with Crippen LogP contribution in [0.3, 0.4) is 0 Å². The van der Waals surface area contributed by atoms with E-state index in [0.717, 1.165) is 13.1 Å². The molecule has 1 aromatic carbocycles. The molecule has 0 radical (unpaired) electrons. The number of ether oxygens (including phenoxy) is 1. The number of nitrogens with zero attached hydrogens (tertiary/aromatic N) is 3. The van der Waals surface area contributed by atoms with Crippen LogP contribution in [0.5, 0.6) is 0 Å². The summed E-state index contributed by atoms with van der Waals surface area (Å²) < 4.78 is 46.2. The maximum Gasteiger partial charge on any atom is 0.281 e. The Hall–Kier alpha value is -1.06. The Labute approximate surface area is 137 Å². The van der Waals surface area contributed by atoms with E-state index < -0.39 is 10.2 Å². The number of benzene rings is 1. The molecule has 1 aliphatic heterocycles. The lowest BCUT2D eigenvalue weighted by Gasteiger charge is -2.30. The topological polar surface area (TPSA) is 53.1 Å². The van der Waals surface area contributed by atoms with Crippen molar-refractivity contribution in [3.63, 3.8) is 0 Å². The molecule has 6 nitrogen and oxygen atoms in total. The third-order valence-corrected chi connectivity index (χ3v) is 5.69. The second-order valence-corrected chi connectivity index (χ2v) is 7.85. The fraction of sp³-hybridized carbons (Fsp3) is 0.600. The van der Waals surface area contributed by atoms with Crippen LogP contribution < -0.4 is 0 Å². The van der Waals surface area contributed by atoms with E-state index in [-0.39, 0.29) is 12.4 Å². The van der Waals surface area contributed by atoms with Gasteiger partial charge in [0.2, 0.25) is 0 Å². The molecule has 0 amide bonds. The summed E-state index contributed by atoms with van der Waals surface area (Å²) in [6.45, 7) is 4.09. The predicted molar refractivity (Wildman–Crippen MR) is 86.7 cm³/mol. The highest BCUT2D eigenvalue weighted by Crippen LogP contribution is 2.13. The van der Waals surface area contributed by atoms with Crippen LogP contribution in [0.1, 0.15) is 5.56 Å². The largest absolute Gasteiger partial charge is 0.379 e. The molecule has 0 aromatic heterocycles. The van der Waals surface area contributed by atoms with Gasteiger partial charge in [0.15, 0.2) is 0 Å². The van der Waals surface area contributed by atoms with E-state index in [1.165, 1.54) is 34.8 Å². The second-order valence-electron chi connectivity index (χ2n) is 5.71. The molecule has 1 aliphatic rings. The molecule has 0 saturated carbocycles. The number of morpholine rings is 1. The summed E-state index contributed by atoms with van der Waals surface area (Å²) in [7, 11) is -0.559. The van der Waals surface area contributed by atoms with E-state index in [9.17, 15) is 12.8 Å². The minimum Gasteiger partial charge on any atom is -0.379 e. The van der Waals surface area contributed by atoms with Gasteiger partial charge in [0.1, 0.15) is 5.82 Å². The second kappa shape index (κ2) is 8.16. The highest BCUT2D eigenvalue weighted by atomic mass is 32.2. The van der Waals surface area contributed by atoms with Crippen molar-refractivity contribution < 1.29 is 17.5 Å². The summed E-state index contributed by atoms with van der Waals surface area (Å²) in [6, 6.07) is 6.04. The molecule has 0 atom stereocenters. The van der Waals surface area contributed by atoms with Crippen molar-refractivity contribution in [3.8, 4) is 0 Å². The van der Waals surface area contributed by atoms with Crippen LogP contribution >= 0.6 is 0 Å². The van der Waals surface area contributed by atoms with Crippen molar-refractivity contribution in [1.29, 1.82) is 0 Å². The van der Waals surface area contributed by atoms with Crippen LogP contribution in [-0.4, -0.2) is 75.4 Å². The van der Waals surface area contributed by atoms with Gasteiger partial charge in [-0.05, 0) is 17.7 Å². The Bertz CT molecular complexity index is 604. The fourth-order valence-corrected chi connectivity index (χ4v) is 3.51. The molecule has 0 N–H and O–H groups in total. The van der Waals surface area contributed by atoms with Gasteiger partial charge in [-0.25, -0.2) is 4.39 Å². The van der Waals surface area contributed by atoms with Crippen molar-refractivity contribution in [2.45, 2.75) is 6.54 Å². The Morgan fingerprint density at radius 1 is 1.26 bits per heavy atom. The summed E-state index contributed by atoms with van der Waals surface area (Å²) >= 11 is 0. The molecule has 0 unspecified atom stereocenters. The van der Waals surface area contributed by atoms with Crippen LogP contribution in [0.25, 0.3) is 0 Å². The van der Waals surface area contributed by atoms with Crippen LogP contribution in [0.15, 0.2) is 24.3 Å². The molecule has 0 aliphatic carbocycles. The van der Waals surface area contributed by atoms with Gasteiger partial charge in [-0.3, -0.25) is 4.90 Å². The fourth-order valence-electron chi connectivity index (χ4n) is 2.42. The van der Waals surface area contributed by atoms with Gasteiger partial charge in [-0.2, -0.15) is 17.0 Å². The highest BCUT2D eigenvalue weighted by Gasteiger charge is 2.25. The molecular formula is C15H24FN3O3S. The van der Waals surface area contributed by atoms with Gasteiger partial charge in [0, 0.05) is 46.8 Å². The van der Waals surface area contributed by atoms with E-state index in [1.54, 1.807) is 12.1 Å². The zero-order valence-corrected chi connectivity index (χ0v) is 14.4. The average molecular weight is 345 g/mol. The lowest BCUT2D eigenvalue weighted by molar-refractivity contribution is 0.0360. The zero-order valence-electron chi connectivity index (χ0n) is 13.6. The van der Waals surface area contributed by atoms with E-state index >= 15 is 0 Å². The Morgan fingerprint density at radius 2 is 1.96 bits per heavy atom. The SMILES string of the molecule is CN(C)S(=O)(=O)N(CCN1CCOCC1)Cc1cccc(F)c1. The highest BCUT2D eigenvalue weighted by molar-refractivity contribution is 7.86. The first-order valence-electron chi connectivity index (χ1n) is 7.62. The van der Waals surface area contributed by atoms with Gasteiger partial charge in [-0.15, -0.1) is 0 Å². The van der Waals surface area contributed by atoms with Crippen molar-refractivity contribution in [2.24, 2.45) is 0 Å². The number of hydrogen-bond donors (Lipinski definition) is 0. The first kappa shape index (κ1) is 18.3. The van der Waals surface area contributed by atoms with Gasteiger partial charge >= 0.3 is 0 Å². The number of hydrogen-bond acceptors (Lipinski definition) is 4. The van der Waals surface area contributed by atoms with Gasteiger partial charge < -0.3 is 4.74 Å². The normalized spacial score (nSPS) is 17.1. The first-order valence-corrected chi connectivity index (χ1v) is 9.01. The zero-order chi connectivity index (χ0) is 16.9. The molecule has 130 valence electrons. The van der Waals surface area contributed by atoms with Crippen LogP contribution in [-0.2, 0) is 21.5 Å². The molecule has 2 rings (SSSR count).